The highest BCUT2D eigenvalue weighted by Gasteiger charge is 2.34. The lowest BCUT2D eigenvalue weighted by Crippen LogP contribution is -2.47. The molecule has 0 aliphatic heterocycles. The van der Waals surface area contributed by atoms with Gasteiger partial charge in [-0.05, 0) is 56.2 Å². The number of carboxylic acids is 1. The van der Waals surface area contributed by atoms with Gasteiger partial charge in [0.15, 0.2) is 0 Å². The van der Waals surface area contributed by atoms with Crippen LogP contribution >= 0.6 is 23.2 Å². The molecule has 1 aromatic rings. The van der Waals surface area contributed by atoms with E-state index in [4.69, 9.17) is 28.3 Å². The van der Waals surface area contributed by atoms with E-state index in [1.807, 2.05) is 11.0 Å². The number of aliphatic carboxylic acids is 1. The average molecular weight is 385 g/mol. The molecule has 5 nitrogen and oxygen atoms in total. The van der Waals surface area contributed by atoms with Gasteiger partial charge in [0.25, 0.3) is 0 Å². The number of rotatable bonds is 5. The van der Waals surface area contributed by atoms with Crippen molar-refractivity contribution >= 4 is 35.2 Å². The van der Waals surface area contributed by atoms with E-state index in [-0.39, 0.29) is 24.0 Å². The van der Waals surface area contributed by atoms with Gasteiger partial charge in [0, 0.05) is 18.6 Å². The minimum Gasteiger partial charge on any atom is -0.481 e. The van der Waals surface area contributed by atoms with Gasteiger partial charge >= 0.3 is 12.0 Å². The molecule has 7 heteroatoms. The summed E-state index contributed by atoms with van der Waals surface area (Å²) in [6, 6.07) is 5.67. The number of hydrogen-bond acceptors (Lipinski definition) is 2. The molecule has 3 rings (SSSR count). The molecule has 2 saturated carbocycles. The first-order valence-corrected chi connectivity index (χ1v) is 9.43. The van der Waals surface area contributed by atoms with E-state index in [2.05, 4.69) is 5.32 Å². The van der Waals surface area contributed by atoms with E-state index in [0.717, 1.165) is 18.4 Å². The molecule has 25 heavy (non-hydrogen) atoms. The Labute approximate surface area is 157 Å². The van der Waals surface area contributed by atoms with Crippen molar-refractivity contribution in [2.24, 2.45) is 5.92 Å². The smallest absolute Gasteiger partial charge is 0.318 e. The maximum Gasteiger partial charge on any atom is 0.318 e. The van der Waals surface area contributed by atoms with Gasteiger partial charge in [-0.3, -0.25) is 4.79 Å². The van der Waals surface area contributed by atoms with Crippen LogP contribution in [0.3, 0.4) is 0 Å². The molecule has 0 bridgehead atoms. The van der Waals surface area contributed by atoms with Crippen molar-refractivity contribution in [2.45, 2.75) is 57.2 Å². The lowest BCUT2D eigenvalue weighted by Gasteiger charge is -2.30. The fraction of sp³-hybridized carbons (Fsp3) is 0.556. The van der Waals surface area contributed by atoms with Gasteiger partial charge in [-0.2, -0.15) is 0 Å². The van der Waals surface area contributed by atoms with Crippen LogP contribution in [0.5, 0.6) is 0 Å². The van der Waals surface area contributed by atoms with Gasteiger partial charge in [-0.1, -0.05) is 29.3 Å². The number of amides is 2. The first-order valence-electron chi connectivity index (χ1n) is 8.68. The summed E-state index contributed by atoms with van der Waals surface area (Å²) < 4.78 is 0. The molecule has 0 radical (unpaired) electrons. The van der Waals surface area contributed by atoms with Crippen LogP contribution in [0.25, 0.3) is 0 Å². The highest BCUT2D eigenvalue weighted by atomic mass is 35.5. The largest absolute Gasteiger partial charge is 0.481 e. The van der Waals surface area contributed by atoms with Crippen LogP contribution in [0, 0.1) is 5.92 Å². The molecule has 0 aromatic heterocycles. The SMILES string of the molecule is O=C(O)C1CCC(NC(=O)N(Cc2ccc(Cl)c(Cl)c2)C2CC2)CC1. The number of nitrogens with zero attached hydrogens (tertiary/aromatic N) is 1. The van der Waals surface area contributed by atoms with Crippen LogP contribution in [0.15, 0.2) is 18.2 Å². The fourth-order valence-electron chi connectivity index (χ4n) is 3.33. The Balaban J connectivity index is 1.58. The molecule has 1 aromatic carbocycles. The normalized spacial score (nSPS) is 23.1. The molecule has 2 N–H and O–H groups in total. The summed E-state index contributed by atoms with van der Waals surface area (Å²) in [7, 11) is 0. The summed E-state index contributed by atoms with van der Waals surface area (Å²) in [4.78, 5) is 25.6. The van der Waals surface area contributed by atoms with Crippen molar-refractivity contribution < 1.29 is 14.7 Å². The Bertz CT molecular complexity index is 656. The van der Waals surface area contributed by atoms with Crippen molar-refractivity contribution in [1.82, 2.24) is 10.2 Å². The van der Waals surface area contributed by atoms with Crippen molar-refractivity contribution in [3.8, 4) is 0 Å². The van der Waals surface area contributed by atoms with E-state index >= 15 is 0 Å². The summed E-state index contributed by atoms with van der Waals surface area (Å²) in [5, 5.41) is 13.1. The van der Waals surface area contributed by atoms with E-state index < -0.39 is 5.97 Å². The average Bonchev–Trinajstić information content (AvgIpc) is 3.41. The van der Waals surface area contributed by atoms with Gasteiger partial charge < -0.3 is 15.3 Å². The molecule has 0 saturated heterocycles. The molecule has 2 amide bonds. The van der Waals surface area contributed by atoms with Crippen LogP contribution in [0.2, 0.25) is 10.0 Å². The number of benzene rings is 1. The number of hydrogen-bond donors (Lipinski definition) is 2. The van der Waals surface area contributed by atoms with Crippen molar-refractivity contribution in [2.75, 3.05) is 0 Å². The predicted molar refractivity (Wildman–Crippen MR) is 96.9 cm³/mol. The first kappa shape index (κ1) is 18.3. The molecular formula is C18H22Cl2N2O3. The highest BCUT2D eigenvalue weighted by molar-refractivity contribution is 6.42. The van der Waals surface area contributed by atoms with E-state index in [1.165, 1.54) is 0 Å². The van der Waals surface area contributed by atoms with Crippen LogP contribution in [0.4, 0.5) is 4.79 Å². The summed E-state index contributed by atoms with van der Waals surface area (Å²) in [6.45, 7) is 0.498. The zero-order chi connectivity index (χ0) is 18.0. The Morgan fingerprint density at radius 2 is 1.76 bits per heavy atom. The maximum absolute atomic E-state index is 12.7. The number of urea groups is 1. The highest BCUT2D eigenvalue weighted by Crippen LogP contribution is 2.31. The van der Waals surface area contributed by atoms with Gasteiger partial charge in [0.05, 0.1) is 16.0 Å². The van der Waals surface area contributed by atoms with Crippen molar-refractivity contribution in [3.05, 3.63) is 33.8 Å². The van der Waals surface area contributed by atoms with E-state index in [0.29, 0.717) is 42.3 Å². The monoisotopic (exact) mass is 384 g/mol. The third-order valence-corrected chi connectivity index (χ3v) is 5.73. The predicted octanol–water partition coefficient (Wildman–Crippen LogP) is 4.31. The zero-order valence-corrected chi connectivity index (χ0v) is 15.4. The third-order valence-electron chi connectivity index (χ3n) is 4.99. The Morgan fingerprint density at radius 3 is 2.32 bits per heavy atom. The summed E-state index contributed by atoms with van der Waals surface area (Å²) in [5.74, 6) is -1.01. The molecule has 136 valence electrons. The Morgan fingerprint density at radius 1 is 1.08 bits per heavy atom. The second kappa shape index (κ2) is 7.83. The van der Waals surface area contributed by atoms with Gasteiger partial charge in [-0.15, -0.1) is 0 Å². The van der Waals surface area contributed by atoms with Crippen molar-refractivity contribution in [1.29, 1.82) is 0 Å². The molecule has 2 aliphatic rings. The fourth-order valence-corrected chi connectivity index (χ4v) is 3.65. The number of carbonyl (C=O) groups excluding carboxylic acids is 1. The summed E-state index contributed by atoms with van der Waals surface area (Å²) in [6.07, 6.45) is 4.70. The summed E-state index contributed by atoms with van der Waals surface area (Å²) in [5.41, 5.74) is 0.950. The van der Waals surface area contributed by atoms with E-state index in [1.54, 1.807) is 12.1 Å². The summed E-state index contributed by atoms with van der Waals surface area (Å²) >= 11 is 12.0. The lowest BCUT2D eigenvalue weighted by atomic mass is 9.86. The van der Waals surface area contributed by atoms with Gasteiger partial charge in [0.2, 0.25) is 0 Å². The van der Waals surface area contributed by atoms with Crippen molar-refractivity contribution in [3.63, 3.8) is 0 Å². The third kappa shape index (κ3) is 4.79. The minimum atomic E-state index is -0.732. The minimum absolute atomic E-state index is 0.0538. The number of carboxylic acid groups (broad SMARTS) is 1. The van der Waals surface area contributed by atoms with Gasteiger partial charge in [-0.25, -0.2) is 4.79 Å². The number of carbonyl (C=O) groups is 2. The van der Waals surface area contributed by atoms with Crippen LogP contribution in [-0.2, 0) is 11.3 Å². The standard InChI is InChI=1S/C18H22Cl2N2O3/c19-15-8-1-11(9-16(15)20)10-22(14-6-7-14)18(25)21-13-4-2-12(3-5-13)17(23)24/h1,8-9,12-14H,2-7,10H2,(H,21,25)(H,23,24). The molecule has 2 aliphatic carbocycles. The molecular weight excluding hydrogens is 363 g/mol. The molecule has 0 spiro atoms. The van der Waals surface area contributed by atoms with Crippen LogP contribution < -0.4 is 5.32 Å². The molecule has 0 heterocycles. The first-order chi connectivity index (χ1) is 11.9. The topological polar surface area (TPSA) is 69.6 Å². The Kier molecular flexibility index (Phi) is 5.74. The molecule has 2 fully saturated rings. The van der Waals surface area contributed by atoms with Crippen LogP contribution in [0.1, 0.15) is 44.1 Å². The van der Waals surface area contributed by atoms with Crippen LogP contribution in [-0.4, -0.2) is 34.1 Å². The molecule has 0 atom stereocenters. The second-order valence-corrected chi connectivity index (χ2v) is 7.76. The zero-order valence-electron chi connectivity index (χ0n) is 13.9. The Hall–Kier alpha value is -1.46. The number of nitrogens with one attached hydrogen (secondary N) is 1. The van der Waals surface area contributed by atoms with Gasteiger partial charge in [0.1, 0.15) is 0 Å². The molecule has 0 unspecified atom stereocenters. The maximum atomic E-state index is 12.7. The van der Waals surface area contributed by atoms with E-state index in [9.17, 15) is 9.59 Å². The lowest BCUT2D eigenvalue weighted by molar-refractivity contribution is -0.142. The second-order valence-electron chi connectivity index (χ2n) is 6.94. The number of halogens is 2. The quantitative estimate of drug-likeness (QED) is 0.794.